The Morgan fingerprint density at radius 2 is 1.79 bits per heavy atom. The number of rotatable bonds is 7. The largest absolute Gasteiger partial charge is 0.357 e. The van der Waals surface area contributed by atoms with Crippen molar-refractivity contribution in [1.29, 1.82) is 0 Å². The number of aliphatic imine (C=N–C) groups is 1. The Hall–Kier alpha value is -3.42. The molecule has 2 aromatic carbocycles. The molecule has 1 fully saturated rings. The Morgan fingerprint density at radius 1 is 1.10 bits per heavy atom. The third-order valence-corrected chi connectivity index (χ3v) is 4.69. The number of non-ortho nitro benzene ring substituents is 1. The van der Waals surface area contributed by atoms with Crippen LogP contribution in [-0.4, -0.2) is 29.9 Å². The van der Waals surface area contributed by atoms with E-state index in [4.69, 9.17) is 0 Å². The highest BCUT2D eigenvalue weighted by atomic mass is 16.6. The van der Waals surface area contributed by atoms with E-state index in [-0.39, 0.29) is 11.6 Å². The van der Waals surface area contributed by atoms with Crippen molar-refractivity contribution in [1.82, 2.24) is 10.6 Å². The van der Waals surface area contributed by atoms with E-state index in [1.165, 1.54) is 12.1 Å². The Labute approximate surface area is 169 Å². The van der Waals surface area contributed by atoms with Crippen molar-refractivity contribution in [2.24, 2.45) is 4.99 Å². The average Bonchev–Trinajstić information content (AvgIpc) is 3.16. The van der Waals surface area contributed by atoms with Crippen LogP contribution in [0.5, 0.6) is 0 Å². The van der Waals surface area contributed by atoms with Gasteiger partial charge in [0.1, 0.15) is 0 Å². The van der Waals surface area contributed by atoms with Gasteiger partial charge in [-0.25, -0.2) is 4.99 Å². The highest BCUT2D eigenvalue weighted by Crippen LogP contribution is 2.21. The fraction of sp³-hybridized carbons (Fsp3) is 0.333. The summed E-state index contributed by atoms with van der Waals surface area (Å²) >= 11 is 0. The van der Waals surface area contributed by atoms with Crippen LogP contribution < -0.4 is 15.5 Å². The van der Waals surface area contributed by atoms with Gasteiger partial charge in [0.15, 0.2) is 5.96 Å². The van der Waals surface area contributed by atoms with E-state index in [2.05, 4.69) is 15.6 Å². The molecule has 0 aliphatic carbocycles. The van der Waals surface area contributed by atoms with Crippen molar-refractivity contribution in [3.8, 4) is 0 Å². The number of nitro groups is 1. The van der Waals surface area contributed by atoms with E-state index in [1.54, 1.807) is 12.1 Å². The van der Waals surface area contributed by atoms with Gasteiger partial charge in [-0.3, -0.25) is 14.9 Å². The molecule has 1 saturated heterocycles. The monoisotopic (exact) mass is 395 g/mol. The summed E-state index contributed by atoms with van der Waals surface area (Å²) in [7, 11) is 0. The highest BCUT2D eigenvalue weighted by Gasteiger charge is 2.21. The predicted molar refractivity (Wildman–Crippen MR) is 113 cm³/mol. The molecule has 0 aromatic heterocycles. The molecule has 0 spiro atoms. The molecule has 0 bridgehead atoms. The lowest BCUT2D eigenvalue weighted by atomic mass is 10.2. The first-order valence-electron chi connectivity index (χ1n) is 9.71. The molecule has 1 aliphatic rings. The van der Waals surface area contributed by atoms with E-state index in [9.17, 15) is 14.9 Å². The number of nitro benzene ring substituents is 1. The van der Waals surface area contributed by atoms with Crippen LogP contribution in [0, 0.1) is 10.1 Å². The third-order valence-electron chi connectivity index (χ3n) is 4.69. The van der Waals surface area contributed by atoms with Crippen molar-refractivity contribution in [2.45, 2.75) is 32.9 Å². The molecule has 1 heterocycles. The summed E-state index contributed by atoms with van der Waals surface area (Å²) < 4.78 is 0. The Balaban J connectivity index is 1.58. The summed E-state index contributed by atoms with van der Waals surface area (Å²) in [5.74, 6) is 0.852. The first kappa shape index (κ1) is 20.3. The zero-order valence-corrected chi connectivity index (χ0v) is 16.4. The van der Waals surface area contributed by atoms with Crippen LogP contribution in [0.3, 0.4) is 0 Å². The molecule has 0 unspecified atom stereocenters. The number of nitrogens with one attached hydrogen (secondary N) is 2. The lowest BCUT2D eigenvalue weighted by molar-refractivity contribution is -0.384. The molecule has 2 N–H and O–H groups in total. The van der Waals surface area contributed by atoms with Crippen molar-refractivity contribution in [2.75, 3.05) is 18.0 Å². The zero-order valence-electron chi connectivity index (χ0n) is 16.4. The van der Waals surface area contributed by atoms with Gasteiger partial charge in [-0.15, -0.1) is 0 Å². The minimum atomic E-state index is -0.409. The Kier molecular flexibility index (Phi) is 6.78. The highest BCUT2D eigenvalue weighted by molar-refractivity contribution is 5.95. The fourth-order valence-corrected chi connectivity index (χ4v) is 3.14. The summed E-state index contributed by atoms with van der Waals surface area (Å²) in [6.07, 6.45) is 1.54. The van der Waals surface area contributed by atoms with E-state index in [0.717, 1.165) is 36.3 Å². The van der Waals surface area contributed by atoms with Gasteiger partial charge in [0.25, 0.3) is 5.69 Å². The second-order valence-corrected chi connectivity index (χ2v) is 6.79. The smallest absolute Gasteiger partial charge is 0.269 e. The van der Waals surface area contributed by atoms with Crippen LogP contribution in [0.15, 0.2) is 53.5 Å². The van der Waals surface area contributed by atoms with Gasteiger partial charge in [-0.2, -0.15) is 0 Å². The molecular formula is C21H25N5O3. The van der Waals surface area contributed by atoms with Crippen LogP contribution in [0.1, 0.15) is 30.9 Å². The van der Waals surface area contributed by atoms with Gasteiger partial charge in [0.2, 0.25) is 5.91 Å². The van der Waals surface area contributed by atoms with Crippen molar-refractivity contribution in [3.05, 3.63) is 69.8 Å². The molecule has 8 heteroatoms. The molecule has 1 aliphatic heterocycles. The summed E-state index contributed by atoms with van der Waals surface area (Å²) in [4.78, 5) is 28.6. The number of carbonyl (C=O) groups excluding carboxylic acids is 1. The van der Waals surface area contributed by atoms with Crippen LogP contribution in [0.2, 0.25) is 0 Å². The lowest BCUT2D eigenvalue weighted by Gasteiger charge is -2.16. The second-order valence-electron chi connectivity index (χ2n) is 6.79. The number of amides is 1. The minimum absolute atomic E-state index is 0.0772. The Bertz CT molecular complexity index is 878. The molecule has 2 aromatic rings. The number of hydrogen-bond acceptors (Lipinski definition) is 4. The number of nitrogens with zero attached hydrogens (tertiary/aromatic N) is 3. The first-order chi connectivity index (χ1) is 14.1. The molecule has 3 rings (SSSR count). The number of guanidine groups is 1. The van der Waals surface area contributed by atoms with E-state index < -0.39 is 4.92 Å². The number of carbonyl (C=O) groups is 1. The van der Waals surface area contributed by atoms with Crippen LogP contribution in [0.25, 0.3) is 0 Å². The van der Waals surface area contributed by atoms with Crippen LogP contribution in [-0.2, 0) is 17.9 Å². The minimum Gasteiger partial charge on any atom is -0.357 e. The van der Waals surface area contributed by atoms with Crippen molar-refractivity contribution < 1.29 is 9.72 Å². The molecule has 0 saturated carbocycles. The SMILES string of the molecule is CCNC(=NCc1ccc(N2CCCC2=O)cc1)NCc1ccc([N+](=O)[O-])cc1. The summed E-state index contributed by atoms with van der Waals surface area (Å²) in [6, 6.07) is 14.4. The predicted octanol–water partition coefficient (Wildman–Crippen LogP) is 2.98. The van der Waals surface area contributed by atoms with Gasteiger partial charge in [-0.05, 0) is 36.6 Å². The van der Waals surface area contributed by atoms with Crippen molar-refractivity contribution in [3.63, 3.8) is 0 Å². The first-order valence-corrected chi connectivity index (χ1v) is 9.71. The van der Waals surface area contributed by atoms with Crippen LogP contribution >= 0.6 is 0 Å². The third kappa shape index (κ3) is 5.54. The normalized spacial score (nSPS) is 14.2. The van der Waals surface area contributed by atoms with Gasteiger partial charge < -0.3 is 15.5 Å². The maximum absolute atomic E-state index is 11.8. The zero-order chi connectivity index (χ0) is 20.6. The van der Waals surface area contributed by atoms with E-state index >= 15 is 0 Å². The molecule has 0 atom stereocenters. The van der Waals surface area contributed by atoms with Gasteiger partial charge in [0.05, 0.1) is 11.5 Å². The van der Waals surface area contributed by atoms with Crippen LogP contribution in [0.4, 0.5) is 11.4 Å². The quantitative estimate of drug-likeness (QED) is 0.325. The van der Waals surface area contributed by atoms with Gasteiger partial charge in [0, 0.05) is 43.9 Å². The van der Waals surface area contributed by atoms with E-state index in [0.29, 0.717) is 25.5 Å². The van der Waals surface area contributed by atoms with Gasteiger partial charge in [-0.1, -0.05) is 24.3 Å². The average molecular weight is 395 g/mol. The standard InChI is InChI=1S/C21H25N5O3/c1-2-22-21(24-15-17-7-11-19(12-8-17)26(28)29)23-14-16-5-9-18(10-6-16)25-13-3-4-20(25)27/h5-12H,2-4,13-15H2,1H3,(H2,22,23,24). The molecule has 152 valence electrons. The second kappa shape index (κ2) is 9.68. The summed E-state index contributed by atoms with van der Waals surface area (Å²) in [6.45, 7) is 4.52. The van der Waals surface area contributed by atoms with Crippen molar-refractivity contribution >= 4 is 23.2 Å². The molecule has 1 amide bonds. The number of benzene rings is 2. The molecule has 0 radical (unpaired) electrons. The summed E-state index contributed by atoms with van der Waals surface area (Å²) in [5, 5.41) is 17.2. The molecule has 29 heavy (non-hydrogen) atoms. The Morgan fingerprint density at radius 3 is 2.38 bits per heavy atom. The molecular weight excluding hydrogens is 370 g/mol. The number of hydrogen-bond donors (Lipinski definition) is 2. The van der Waals surface area contributed by atoms with E-state index in [1.807, 2.05) is 36.1 Å². The number of anilines is 1. The maximum atomic E-state index is 11.8. The fourth-order valence-electron chi connectivity index (χ4n) is 3.14. The van der Waals surface area contributed by atoms with Gasteiger partial charge >= 0.3 is 0 Å². The lowest BCUT2D eigenvalue weighted by Crippen LogP contribution is -2.36. The topological polar surface area (TPSA) is 99.9 Å². The maximum Gasteiger partial charge on any atom is 0.269 e. The molecule has 8 nitrogen and oxygen atoms in total. The summed E-state index contributed by atoms with van der Waals surface area (Å²) in [5.41, 5.74) is 2.99.